The molecule has 130 valence electrons. The molecule has 0 radical (unpaired) electrons. The molecular formula is C17H19BrFNO4. The fraction of sp³-hybridized carbons (Fsp3) is 0.412. The first-order chi connectivity index (χ1) is 11.3. The number of rotatable bonds is 5. The molecule has 5 nitrogen and oxygen atoms in total. The van der Waals surface area contributed by atoms with Gasteiger partial charge in [0.05, 0.1) is 29.2 Å². The molecule has 2 aromatic rings. The van der Waals surface area contributed by atoms with Gasteiger partial charge in [-0.05, 0) is 40.9 Å². The summed E-state index contributed by atoms with van der Waals surface area (Å²) in [5.74, 6) is -1.26. The fourth-order valence-electron chi connectivity index (χ4n) is 2.59. The van der Waals surface area contributed by atoms with E-state index in [1.54, 1.807) is 11.5 Å². The highest BCUT2D eigenvalue weighted by molar-refractivity contribution is 9.10. The van der Waals surface area contributed by atoms with Crippen molar-refractivity contribution in [1.29, 1.82) is 0 Å². The number of esters is 1. The Morgan fingerprint density at radius 2 is 2.08 bits per heavy atom. The lowest BCUT2D eigenvalue weighted by Crippen LogP contribution is -2.26. The molecule has 1 aromatic carbocycles. The SMILES string of the molecule is CCOC(=O)c1cn([C@H](CO)C(C)C)c2cc(F)c(Br)cc2c1=O. The standard InChI is InChI=1S/C17H19BrFNO4/c1-4-24-17(23)11-7-20(15(8-21)9(2)3)14-6-13(19)12(18)5-10(14)16(11)22/h5-7,9,15,21H,4,8H2,1-3H3/t15-/m1/s1. The maximum absolute atomic E-state index is 14.0. The van der Waals surface area contributed by atoms with Gasteiger partial charge in [-0.25, -0.2) is 9.18 Å². The highest BCUT2D eigenvalue weighted by Gasteiger charge is 2.22. The summed E-state index contributed by atoms with van der Waals surface area (Å²) < 4.78 is 20.6. The molecule has 0 bridgehead atoms. The molecule has 24 heavy (non-hydrogen) atoms. The van der Waals surface area contributed by atoms with Gasteiger partial charge < -0.3 is 14.4 Å². The number of carbonyl (C=O) groups is 1. The number of aliphatic hydroxyl groups excluding tert-OH is 1. The second-order valence-electron chi connectivity index (χ2n) is 5.78. The summed E-state index contributed by atoms with van der Waals surface area (Å²) in [7, 11) is 0. The predicted octanol–water partition coefficient (Wildman–Crippen LogP) is 3.27. The lowest BCUT2D eigenvalue weighted by molar-refractivity contribution is 0.0523. The molecule has 0 spiro atoms. The Kier molecular flexibility index (Phi) is 5.77. The number of fused-ring (bicyclic) bond motifs is 1. The van der Waals surface area contributed by atoms with Gasteiger partial charge in [-0.15, -0.1) is 0 Å². The van der Waals surface area contributed by atoms with Crippen molar-refractivity contribution in [2.75, 3.05) is 13.2 Å². The quantitative estimate of drug-likeness (QED) is 0.783. The third kappa shape index (κ3) is 3.37. The van der Waals surface area contributed by atoms with Crippen molar-refractivity contribution < 1.29 is 19.0 Å². The average Bonchev–Trinajstić information content (AvgIpc) is 2.52. The van der Waals surface area contributed by atoms with Crippen LogP contribution in [-0.4, -0.2) is 28.9 Å². The van der Waals surface area contributed by atoms with Crippen LogP contribution in [0.25, 0.3) is 10.9 Å². The summed E-state index contributed by atoms with van der Waals surface area (Å²) >= 11 is 3.06. The minimum Gasteiger partial charge on any atom is -0.462 e. The molecule has 0 aliphatic rings. The van der Waals surface area contributed by atoms with Gasteiger partial charge in [0.2, 0.25) is 5.43 Å². The highest BCUT2D eigenvalue weighted by atomic mass is 79.9. The lowest BCUT2D eigenvalue weighted by Gasteiger charge is -2.25. The van der Waals surface area contributed by atoms with Gasteiger partial charge >= 0.3 is 5.97 Å². The van der Waals surface area contributed by atoms with Crippen molar-refractivity contribution in [1.82, 2.24) is 4.57 Å². The van der Waals surface area contributed by atoms with Crippen molar-refractivity contribution in [3.8, 4) is 0 Å². The summed E-state index contributed by atoms with van der Waals surface area (Å²) in [5.41, 5.74) is -0.343. The molecule has 0 aliphatic carbocycles. The van der Waals surface area contributed by atoms with E-state index in [-0.39, 0.29) is 34.6 Å². The van der Waals surface area contributed by atoms with E-state index in [0.29, 0.717) is 5.52 Å². The lowest BCUT2D eigenvalue weighted by atomic mass is 10.0. The van der Waals surface area contributed by atoms with Crippen LogP contribution in [0.15, 0.2) is 27.6 Å². The van der Waals surface area contributed by atoms with Gasteiger partial charge in [0, 0.05) is 11.6 Å². The zero-order chi connectivity index (χ0) is 18.0. The Hall–Kier alpha value is -1.73. The first-order valence-corrected chi connectivity index (χ1v) is 8.43. The molecule has 7 heteroatoms. The molecule has 1 heterocycles. The van der Waals surface area contributed by atoms with E-state index >= 15 is 0 Å². The van der Waals surface area contributed by atoms with Gasteiger partial charge in [-0.2, -0.15) is 0 Å². The van der Waals surface area contributed by atoms with Crippen LogP contribution in [0, 0.1) is 11.7 Å². The molecule has 0 unspecified atom stereocenters. The number of hydrogen-bond acceptors (Lipinski definition) is 4. The van der Waals surface area contributed by atoms with Crippen LogP contribution in [0.3, 0.4) is 0 Å². The Bertz CT molecular complexity index is 831. The molecule has 0 saturated heterocycles. The van der Waals surface area contributed by atoms with Gasteiger partial charge in [-0.3, -0.25) is 4.79 Å². The van der Waals surface area contributed by atoms with Crippen molar-refractivity contribution in [3.05, 3.63) is 44.4 Å². The number of pyridine rings is 1. The highest BCUT2D eigenvalue weighted by Crippen LogP contribution is 2.27. The Labute approximate surface area is 147 Å². The zero-order valence-corrected chi connectivity index (χ0v) is 15.3. The van der Waals surface area contributed by atoms with E-state index in [4.69, 9.17) is 4.74 Å². The maximum Gasteiger partial charge on any atom is 0.343 e. The summed E-state index contributed by atoms with van der Waals surface area (Å²) in [6.45, 7) is 5.36. The minimum absolute atomic E-state index is 0.00227. The summed E-state index contributed by atoms with van der Waals surface area (Å²) in [6, 6.07) is 2.16. The Morgan fingerprint density at radius 1 is 1.42 bits per heavy atom. The smallest absolute Gasteiger partial charge is 0.343 e. The van der Waals surface area contributed by atoms with E-state index in [0.717, 1.165) is 0 Å². The maximum atomic E-state index is 14.0. The third-order valence-electron chi connectivity index (χ3n) is 3.88. The van der Waals surface area contributed by atoms with E-state index in [9.17, 15) is 19.1 Å². The number of carbonyl (C=O) groups excluding carboxylic acids is 1. The molecular weight excluding hydrogens is 381 g/mol. The fourth-order valence-corrected chi connectivity index (χ4v) is 2.94. The second-order valence-corrected chi connectivity index (χ2v) is 6.63. The summed E-state index contributed by atoms with van der Waals surface area (Å²) in [4.78, 5) is 24.7. The van der Waals surface area contributed by atoms with Crippen LogP contribution < -0.4 is 5.43 Å². The summed E-state index contributed by atoms with van der Waals surface area (Å²) in [6.07, 6.45) is 1.34. The molecule has 0 fully saturated rings. The third-order valence-corrected chi connectivity index (χ3v) is 4.49. The van der Waals surface area contributed by atoms with Crippen molar-refractivity contribution >= 4 is 32.8 Å². The number of nitrogens with zero attached hydrogens (tertiary/aromatic N) is 1. The van der Waals surface area contributed by atoms with Crippen molar-refractivity contribution in [2.45, 2.75) is 26.8 Å². The average molecular weight is 400 g/mol. The number of halogens is 2. The van der Waals surface area contributed by atoms with Crippen LogP contribution >= 0.6 is 15.9 Å². The Balaban J connectivity index is 2.88. The number of aliphatic hydroxyl groups is 1. The van der Waals surface area contributed by atoms with E-state index < -0.39 is 23.3 Å². The number of benzene rings is 1. The molecule has 0 amide bonds. The topological polar surface area (TPSA) is 68.5 Å². The van der Waals surface area contributed by atoms with Crippen LogP contribution in [0.5, 0.6) is 0 Å². The minimum atomic E-state index is -0.737. The molecule has 0 aliphatic heterocycles. The predicted molar refractivity (Wildman–Crippen MR) is 92.8 cm³/mol. The van der Waals surface area contributed by atoms with Crippen LogP contribution in [0.1, 0.15) is 37.2 Å². The molecule has 1 aromatic heterocycles. The summed E-state index contributed by atoms with van der Waals surface area (Å²) in [5, 5.41) is 9.91. The van der Waals surface area contributed by atoms with Gasteiger partial charge in [0.15, 0.2) is 0 Å². The zero-order valence-electron chi connectivity index (χ0n) is 13.7. The number of ether oxygens (including phenoxy) is 1. The van der Waals surface area contributed by atoms with Crippen LogP contribution in [0.4, 0.5) is 4.39 Å². The van der Waals surface area contributed by atoms with Gasteiger partial charge in [-0.1, -0.05) is 13.8 Å². The van der Waals surface area contributed by atoms with E-state index in [2.05, 4.69) is 15.9 Å². The number of hydrogen-bond donors (Lipinski definition) is 1. The van der Waals surface area contributed by atoms with Crippen LogP contribution in [-0.2, 0) is 4.74 Å². The van der Waals surface area contributed by atoms with Gasteiger partial charge in [0.1, 0.15) is 11.4 Å². The first-order valence-electron chi connectivity index (χ1n) is 7.63. The van der Waals surface area contributed by atoms with Crippen molar-refractivity contribution in [3.63, 3.8) is 0 Å². The first kappa shape index (κ1) is 18.6. The molecule has 1 atom stereocenters. The molecule has 0 saturated carbocycles. The van der Waals surface area contributed by atoms with E-state index in [1.807, 2.05) is 13.8 Å². The molecule has 1 N–H and O–H groups in total. The second kappa shape index (κ2) is 7.44. The van der Waals surface area contributed by atoms with E-state index in [1.165, 1.54) is 18.3 Å². The normalized spacial score (nSPS) is 12.6. The van der Waals surface area contributed by atoms with Crippen LogP contribution in [0.2, 0.25) is 0 Å². The molecule has 2 rings (SSSR count). The van der Waals surface area contributed by atoms with Gasteiger partial charge in [0.25, 0.3) is 0 Å². The largest absolute Gasteiger partial charge is 0.462 e. The number of aromatic nitrogens is 1. The van der Waals surface area contributed by atoms with Crippen molar-refractivity contribution in [2.24, 2.45) is 5.92 Å². The monoisotopic (exact) mass is 399 g/mol. The Morgan fingerprint density at radius 3 is 2.62 bits per heavy atom.